The first kappa shape index (κ1) is 20.0. The Kier molecular flexibility index (Phi) is 5.03. The molecule has 154 valence electrons. The Morgan fingerprint density at radius 3 is 2.63 bits per heavy atom. The van der Waals surface area contributed by atoms with Gasteiger partial charge in [-0.1, -0.05) is 37.6 Å². The molecular weight excluding hydrogens is 407 g/mol. The lowest BCUT2D eigenvalue weighted by molar-refractivity contribution is 0.0692. The van der Waals surface area contributed by atoms with E-state index in [1.165, 1.54) is 19.2 Å². The molecule has 0 saturated heterocycles. The van der Waals surface area contributed by atoms with Crippen LogP contribution in [0.2, 0.25) is 5.02 Å². The lowest BCUT2D eigenvalue weighted by Gasteiger charge is -2.15. The number of hydrogen-bond acceptors (Lipinski definition) is 2. The number of carboxylic acid groups (broad SMARTS) is 1. The minimum Gasteiger partial charge on any atom is -0.495 e. The van der Waals surface area contributed by atoms with Gasteiger partial charge in [-0.25, -0.2) is 9.18 Å². The quantitative estimate of drug-likeness (QED) is 0.343. The molecule has 0 aliphatic carbocycles. The van der Waals surface area contributed by atoms with E-state index in [2.05, 4.69) is 9.97 Å². The van der Waals surface area contributed by atoms with Crippen LogP contribution in [0.4, 0.5) is 4.39 Å². The van der Waals surface area contributed by atoms with Gasteiger partial charge in [-0.3, -0.25) is 0 Å². The summed E-state index contributed by atoms with van der Waals surface area (Å²) in [6, 6.07) is 9.90. The number of nitrogens with one attached hydrogen (secondary N) is 2. The summed E-state index contributed by atoms with van der Waals surface area (Å²) in [5.74, 6) is -1.17. The third-order valence-corrected chi connectivity index (χ3v) is 5.58. The van der Waals surface area contributed by atoms with Gasteiger partial charge in [-0.05, 0) is 35.7 Å². The van der Waals surface area contributed by atoms with Crippen LogP contribution in [0.5, 0.6) is 5.75 Å². The van der Waals surface area contributed by atoms with Gasteiger partial charge in [0.15, 0.2) is 0 Å². The van der Waals surface area contributed by atoms with E-state index >= 15 is 0 Å². The second kappa shape index (κ2) is 7.54. The minimum atomic E-state index is -1.13. The molecule has 0 atom stereocenters. The van der Waals surface area contributed by atoms with Gasteiger partial charge >= 0.3 is 5.97 Å². The summed E-state index contributed by atoms with van der Waals surface area (Å²) in [5, 5.41) is 11.1. The molecule has 7 heteroatoms. The van der Waals surface area contributed by atoms with Crippen molar-refractivity contribution in [2.75, 3.05) is 7.11 Å². The molecule has 4 rings (SSSR count). The molecule has 0 amide bonds. The van der Waals surface area contributed by atoms with Crippen molar-refractivity contribution in [3.05, 3.63) is 64.7 Å². The molecular formula is C23H20ClFN2O3. The third kappa shape index (κ3) is 3.13. The highest BCUT2D eigenvalue weighted by atomic mass is 35.5. The van der Waals surface area contributed by atoms with Crippen molar-refractivity contribution in [1.29, 1.82) is 0 Å². The van der Waals surface area contributed by atoms with Crippen LogP contribution in [0.25, 0.3) is 33.3 Å². The van der Waals surface area contributed by atoms with Crippen molar-refractivity contribution in [1.82, 2.24) is 9.97 Å². The molecule has 0 aliphatic rings. The number of carboxylic acids is 1. The molecule has 5 nitrogen and oxygen atoms in total. The van der Waals surface area contributed by atoms with Gasteiger partial charge in [0.1, 0.15) is 17.3 Å². The summed E-state index contributed by atoms with van der Waals surface area (Å²) in [7, 11) is 1.50. The molecule has 30 heavy (non-hydrogen) atoms. The largest absolute Gasteiger partial charge is 0.495 e. The van der Waals surface area contributed by atoms with Crippen LogP contribution in [-0.4, -0.2) is 28.2 Å². The van der Waals surface area contributed by atoms with Crippen LogP contribution in [0.1, 0.15) is 35.8 Å². The second-order valence-corrected chi connectivity index (χ2v) is 7.72. The van der Waals surface area contributed by atoms with Crippen molar-refractivity contribution >= 4 is 28.5 Å². The average molecular weight is 427 g/mol. The highest BCUT2D eigenvalue weighted by Crippen LogP contribution is 2.45. The van der Waals surface area contributed by atoms with Crippen LogP contribution in [0.15, 0.2) is 42.6 Å². The first-order valence-electron chi connectivity index (χ1n) is 9.42. The average Bonchev–Trinajstić information content (AvgIpc) is 3.32. The molecule has 0 radical (unpaired) electrons. The van der Waals surface area contributed by atoms with Crippen molar-refractivity contribution < 1.29 is 19.0 Å². The Morgan fingerprint density at radius 1 is 1.20 bits per heavy atom. The van der Waals surface area contributed by atoms with Crippen molar-refractivity contribution in [2.45, 2.75) is 19.8 Å². The number of ether oxygens (including phenoxy) is 1. The summed E-state index contributed by atoms with van der Waals surface area (Å²) in [6.45, 7) is 3.92. The van der Waals surface area contributed by atoms with E-state index in [4.69, 9.17) is 16.3 Å². The van der Waals surface area contributed by atoms with Gasteiger partial charge in [0.25, 0.3) is 0 Å². The first-order valence-corrected chi connectivity index (χ1v) is 9.80. The zero-order chi connectivity index (χ0) is 21.6. The Hall–Kier alpha value is -3.25. The Morgan fingerprint density at radius 2 is 1.97 bits per heavy atom. The molecule has 2 heterocycles. The van der Waals surface area contributed by atoms with E-state index in [9.17, 15) is 14.3 Å². The standard InChI is InChI=1S/C23H20ClFN2O3/c1-11(2)18-19(14-5-4-6-17(30-3)20(14)24)22(23(28)29)27-21(18)15-9-12(25)10-16-13(15)7-8-26-16/h4-11,26-27H,1-3H3,(H,28,29). The number of aromatic carboxylic acids is 1. The zero-order valence-electron chi connectivity index (χ0n) is 16.6. The summed E-state index contributed by atoms with van der Waals surface area (Å²) in [6.07, 6.45) is 1.73. The number of benzene rings is 2. The predicted molar refractivity (Wildman–Crippen MR) is 116 cm³/mol. The molecule has 0 bridgehead atoms. The third-order valence-electron chi connectivity index (χ3n) is 5.19. The number of carbonyl (C=O) groups is 1. The number of rotatable bonds is 5. The van der Waals surface area contributed by atoms with E-state index in [0.29, 0.717) is 38.7 Å². The summed E-state index contributed by atoms with van der Waals surface area (Å²) in [4.78, 5) is 18.2. The van der Waals surface area contributed by atoms with E-state index < -0.39 is 11.8 Å². The highest BCUT2D eigenvalue weighted by molar-refractivity contribution is 6.35. The SMILES string of the molecule is COc1cccc(-c2c(C(=O)O)[nH]c(-c3cc(F)cc4[nH]ccc34)c2C(C)C)c1Cl. The fraction of sp³-hybridized carbons (Fsp3) is 0.174. The number of methoxy groups -OCH3 is 1. The van der Waals surface area contributed by atoms with Crippen molar-refractivity contribution in [3.63, 3.8) is 0 Å². The predicted octanol–water partition coefficient (Wildman–Crippen LogP) is 6.45. The first-order chi connectivity index (χ1) is 14.3. The van der Waals surface area contributed by atoms with Crippen LogP contribution in [0.3, 0.4) is 0 Å². The zero-order valence-corrected chi connectivity index (χ0v) is 17.4. The normalized spacial score (nSPS) is 11.4. The lowest BCUT2D eigenvalue weighted by Crippen LogP contribution is -2.01. The molecule has 0 fully saturated rings. The fourth-order valence-electron chi connectivity index (χ4n) is 3.94. The maximum atomic E-state index is 14.4. The van der Waals surface area contributed by atoms with E-state index in [0.717, 1.165) is 10.9 Å². The Labute approximate surface area is 177 Å². The molecule has 2 aromatic heterocycles. The highest BCUT2D eigenvalue weighted by Gasteiger charge is 2.28. The van der Waals surface area contributed by atoms with Gasteiger partial charge in [0.05, 0.1) is 17.8 Å². The maximum absolute atomic E-state index is 14.4. The van der Waals surface area contributed by atoms with Crippen LogP contribution in [0, 0.1) is 5.82 Å². The maximum Gasteiger partial charge on any atom is 0.352 e. The summed E-state index contributed by atoms with van der Waals surface area (Å²) in [5.41, 5.74) is 3.54. The van der Waals surface area contributed by atoms with Crippen molar-refractivity contribution in [2.24, 2.45) is 0 Å². The molecule has 3 N–H and O–H groups in total. The monoisotopic (exact) mass is 426 g/mol. The molecule has 0 unspecified atom stereocenters. The number of halogens is 2. The van der Waals surface area contributed by atoms with Gasteiger partial charge in [-0.15, -0.1) is 0 Å². The molecule has 0 spiro atoms. The van der Waals surface area contributed by atoms with E-state index in [-0.39, 0.29) is 11.6 Å². The van der Waals surface area contributed by atoms with Gasteiger partial charge in [-0.2, -0.15) is 0 Å². The summed E-state index contributed by atoms with van der Waals surface area (Å²) < 4.78 is 19.7. The number of H-pyrrole nitrogens is 2. The number of aromatic nitrogens is 2. The lowest BCUT2D eigenvalue weighted by atomic mass is 9.90. The van der Waals surface area contributed by atoms with Gasteiger partial charge in [0.2, 0.25) is 0 Å². The van der Waals surface area contributed by atoms with Gasteiger partial charge in [0, 0.05) is 33.8 Å². The fourth-order valence-corrected chi connectivity index (χ4v) is 4.24. The van der Waals surface area contributed by atoms with Crippen LogP contribution >= 0.6 is 11.6 Å². The van der Waals surface area contributed by atoms with Crippen LogP contribution < -0.4 is 4.74 Å². The molecule has 2 aromatic carbocycles. The minimum absolute atomic E-state index is 0.00296. The molecule has 0 aliphatic heterocycles. The second-order valence-electron chi connectivity index (χ2n) is 7.34. The Balaban J connectivity index is 2.12. The smallest absolute Gasteiger partial charge is 0.352 e. The van der Waals surface area contributed by atoms with E-state index in [1.54, 1.807) is 24.4 Å². The summed E-state index contributed by atoms with van der Waals surface area (Å²) >= 11 is 6.56. The molecule has 4 aromatic rings. The van der Waals surface area contributed by atoms with E-state index in [1.807, 2.05) is 19.9 Å². The molecule has 0 saturated carbocycles. The number of hydrogen-bond donors (Lipinski definition) is 3. The Bertz CT molecular complexity index is 1270. The van der Waals surface area contributed by atoms with Crippen LogP contribution in [-0.2, 0) is 0 Å². The van der Waals surface area contributed by atoms with Crippen molar-refractivity contribution in [3.8, 4) is 28.1 Å². The van der Waals surface area contributed by atoms with Gasteiger partial charge < -0.3 is 19.8 Å². The number of aromatic amines is 2. The topological polar surface area (TPSA) is 78.1 Å². The number of fused-ring (bicyclic) bond motifs is 1.